The highest BCUT2D eigenvalue weighted by Gasteiger charge is 2.18. The van der Waals surface area contributed by atoms with E-state index in [0.29, 0.717) is 31.6 Å². The van der Waals surface area contributed by atoms with Crippen LogP contribution in [0.2, 0.25) is 0 Å². The van der Waals surface area contributed by atoms with Gasteiger partial charge in [-0.3, -0.25) is 0 Å². The number of rotatable bonds is 4. The minimum Gasteiger partial charge on any atom is -0.388 e. The van der Waals surface area contributed by atoms with Gasteiger partial charge >= 0.3 is 0 Å². The zero-order chi connectivity index (χ0) is 12.3. The molecule has 1 unspecified atom stereocenters. The lowest BCUT2D eigenvalue weighted by Crippen LogP contribution is -2.10. The molecule has 0 radical (unpaired) electrons. The number of hydrogen-bond donors (Lipinski definition) is 1. The Morgan fingerprint density at radius 2 is 2.12 bits per heavy atom. The second kappa shape index (κ2) is 5.58. The molecule has 1 fully saturated rings. The van der Waals surface area contributed by atoms with Crippen molar-refractivity contribution in [3.63, 3.8) is 0 Å². The Morgan fingerprint density at radius 3 is 2.76 bits per heavy atom. The van der Waals surface area contributed by atoms with Crippen molar-refractivity contribution in [2.24, 2.45) is 0 Å². The quantitative estimate of drug-likeness (QED) is 0.877. The Labute approximate surface area is 100 Å². The fourth-order valence-corrected chi connectivity index (χ4v) is 1.91. The van der Waals surface area contributed by atoms with E-state index in [0.717, 1.165) is 5.56 Å². The molecule has 1 saturated heterocycles. The summed E-state index contributed by atoms with van der Waals surface area (Å²) in [5.74, 6) is -0.247. The normalized spacial score (nSPS) is 18.5. The van der Waals surface area contributed by atoms with E-state index in [4.69, 9.17) is 9.47 Å². The third kappa shape index (κ3) is 3.25. The molecule has 0 aliphatic carbocycles. The zero-order valence-electron chi connectivity index (χ0n) is 9.86. The van der Waals surface area contributed by atoms with Gasteiger partial charge in [-0.05, 0) is 30.5 Å². The van der Waals surface area contributed by atoms with Crippen molar-refractivity contribution in [2.45, 2.75) is 32.2 Å². The van der Waals surface area contributed by atoms with Crippen LogP contribution in [0.3, 0.4) is 0 Å². The molecule has 0 saturated carbocycles. The topological polar surface area (TPSA) is 38.7 Å². The molecule has 1 aromatic carbocycles. The van der Waals surface area contributed by atoms with E-state index in [2.05, 4.69) is 0 Å². The highest BCUT2D eigenvalue weighted by molar-refractivity contribution is 5.25. The number of aliphatic hydroxyl groups excluding tert-OH is 1. The number of ether oxygens (including phenoxy) is 2. The van der Waals surface area contributed by atoms with Gasteiger partial charge < -0.3 is 14.6 Å². The molecule has 2 rings (SSSR count). The first-order valence-electron chi connectivity index (χ1n) is 5.84. The summed E-state index contributed by atoms with van der Waals surface area (Å²) in [6.07, 6.45) is 0.404. The highest BCUT2D eigenvalue weighted by atomic mass is 19.1. The molecule has 17 heavy (non-hydrogen) atoms. The Balaban J connectivity index is 1.89. The van der Waals surface area contributed by atoms with Gasteiger partial charge in [0.05, 0.1) is 19.3 Å². The van der Waals surface area contributed by atoms with E-state index in [-0.39, 0.29) is 12.1 Å². The summed E-state index contributed by atoms with van der Waals surface area (Å²) < 4.78 is 23.6. The van der Waals surface area contributed by atoms with Crippen LogP contribution in [0.1, 0.15) is 30.1 Å². The van der Waals surface area contributed by atoms with Gasteiger partial charge in [0.2, 0.25) is 0 Å². The minimum atomic E-state index is -0.595. The van der Waals surface area contributed by atoms with E-state index in [1.54, 1.807) is 19.1 Å². The van der Waals surface area contributed by atoms with Crippen molar-refractivity contribution in [3.8, 4) is 0 Å². The summed E-state index contributed by atoms with van der Waals surface area (Å²) in [4.78, 5) is 0. The standard InChI is InChI=1S/C13H17FO3/c1-9-8-10(2-3-11(9)14)12(15)4-5-13-16-6-7-17-13/h2-3,8,12-13,15H,4-7H2,1H3. The smallest absolute Gasteiger partial charge is 0.157 e. The van der Waals surface area contributed by atoms with Gasteiger partial charge in [-0.15, -0.1) is 0 Å². The molecule has 94 valence electrons. The highest BCUT2D eigenvalue weighted by Crippen LogP contribution is 2.23. The Hall–Kier alpha value is -0.970. The molecule has 4 heteroatoms. The predicted octanol–water partition coefficient (Wildman–Crippen LogP) is 2.32. The van der Waals surface area contributed by atoms with Crippen LogP contribution in [-0.4, -0.2) is 24.6 Å². The van der Waals surface area contributed by atoms with Crippen LogP contribution >= 0.6 is 0 Å². The largest absolute Gasteiger partial charge is 0.388 e. The molecule has 0 aromatic heterocycles. The minimum absolute atomic E-state index is 0.203. The molecule has 3 nitrogen and oxygen atoms in total. The van der Waals surface area contributed by atoms with E-state index >= 15 is 0 Å². The number of hydrogen-bond acceptors (Lipinski definition) is 3. The van der Waals surface area contributed by atoms with Gasteiger partial charge in [0.1, 0.15) is 5.82 Å². The lowest BCUT2D eigenvalue weighted by molar-refractivity contribution is -0.0542. The molecular formula is C13H17FO3. The van der Waals surface area contributed by atoms with Gasteiger partial charge in [-0.2, -0.15) is 0 Å². The molecule has 1 aromatic rings. The lowest BCUT2D eigenvalue weighted by Gasteiger charge is -2.14. The monoisotopic (exact) mass is 240 g/mol. The SMILES string of the molecule is Cc1cc(C(O)CCC2OCCO2)ccc1F. The fraction of sp³-hybridized carbons (Fsp3) is 0.538. The van der Waals surface area contributed by atoms with Crippen LogP contribution in [-0.2, 0) is 9.47 Å². The summed E-state index contributed by atoms with van der Waals surface area (Å²) in [6, 6.07) is 4.68. The van der Waals surface area contributed by atoms with Crippen LogP contribution in [0, 0.1) is 12.7 Å². The van der Waals surface area contributed by atoms with Crippen molar-refractivity contribution < 1.29 is 19.0 Å². The molecule has 0 amide bonds. The Morgan fingerprint density at radius 1 is 1.41 bits per heavy atom. The Bertz CT molecular complexity index is 375. The van der Waals surface area contributed by atoms with Crippen LogP contribution in [0.15, 0.2) is 18.2 Å². The molecule has 1 N–H and O–H groups in total. The van der Waals surface area contributed by atoms with Gasteiger partial charge in [-0.25, -0.2) is 4.39 Å². The van der Waals surface area contributed by atoms with Crippen LogP contribution < -0.4 is 0 Å². The van der Waals surface area contributed by atoms with Crippen molar-refractivity contribution in [1.82, 2.24) is 0 Å². The maximum absolute atomic E-state index is 13.1. The van der Waals surface area contributed by atoms with Crippen LogP contribution in [0.25, 0.3) is 0 Å². The first kappa shape index (κ1) is 12.5. The molecule has 1 atom stereocenters. The van der Waals surface area contributed by atoms with Crippen molar-refractivity contribution >= 4 is 0 Å². The van der Waals surface area contributed by atoms with Gasteiger partial charge in [0.15, 0.2) is 6.29 Å². The molecule has 0 spiro atoms. The molecule has 0 bridgehead atoms. The third-order valence-electron chi connectivity index (χ3n) is 2.93. The third-order valence-corrected chi connectivity index (χ3v) is 2.93. The average molecular weight is 240 g/mol. The van der Waals surface area contributed by atoms with Gasteiger partial charge in [0, 0.05) is 6.42 Å². The lowest BCUT2D eigenvalue weighted by atomic mass is 10.0. The zero-order valence-corrected chi connectivity index (χ0v) is 9.86. The first-order chi connectivity index (χ1) is 8.16. The number of halogens is 1. The van der Waals surface area contributed by atoms with Crippen molar-refractivity contribution in [3.05, 3.63) is 35.1 Å². The van der Waals surface area contributed by atoms with Crippen LogP contribution in [0.4, 0.5) is 4.39 Å². The van der Waals surface area contributed by atoms with E-state index in [9.17, 15) is 9.50 Å². The maximum atomic E-state index is 13.1. The molecule has 1 heterocycles. The first-order valence-corrected chi connectivity index (χ1v) is 5.84. The Kier molecular flexibility index (Phi) is 4.10. The summed E-state index contributed by atoms with van der Waals surface area (Å²) >= 11 is 0. The molecule has 1 aliphatic rings. The maximum Gasteiger partial charge on any atom is 0.157 e. The summed E-state index contributed by atoms with van der Waals surface area (Å²) in [6.45, 7) is 2.93. The second-order valence-corrected chi connectivity index (χ2v) is 4.27. The van der Waals surface area contributed by atoms with Crippen molar-refractivity contribution in [1.29, 1.82) is 0 Å². The molecule has 1 aliphatic heterocycles. The summed E-state index contributed by atoms with van der Waals surface area (Å²) in [7, 11) is 0. The predicted molar refractivity (Wildman–Crippen MR) is 61.0 cm³/mol. The second-order valence-electron chi connectivity index (χ2n) is 4.27. The van der Waals surface area contributed by atoms with E-state index in [1.807, 2.05) is 0 Å². The summed E-state index contributed by atoms with van der Waals surface area (Å²) in [5, 5.41) is 9.96. The van der Waals surface area contributed by atoms with Crippen molar-refractivity contribution in [2.75, 3.05) is 13.2 Å². The summed E-state index contributed by atoms with van der Waals surface area (Å²) in [5.41, 5.74) is 1.29. The fourth-order valence-electron chi connectivity index (χ4n) is 1.91. The van der Waals surface area contributed by atoms with E-state index in [1.165, 1.54) is 6.07 Å². The average Bonchev–Trinajstić information content (AvgIpc) is 2.82. The number of aryl methyl sites for hydroxylation is 1. The number of aliphatic hydroxyl groups is 1. The van der Waals surface area contributed by atoms with Gasteiger partial charge in [-0.1, -0.05) is 12.1 Å². The van der Waals surface area contributed by atoms with Crippen LogP contribution in [0.5, 0.6) is 0 Å². The van der Waals surface area contributed by atoms with E-state index < -0.39 is 6.10 Å². The number of benzene rings is 1. The van der Waals surface area contributed by atoms with Gasteiger partial charge in [0.25, 0.3) is 0 Å². The molecular weight excluding hydrogens is 223 g/mol.